The maximum atomic E-state index is 10.8. The van der Waals surface area contributed by atoms with E-state index in [1.807, 2.05) is 6.07 Å². The van der Waals surface area contributed by atoms with Crippen molar-refractivity contribution in [1.29, 1.82) is 0 Å². The minimum Gasteiger partial charge on any atom is -0.481 e. The van der Waals surface area contributed by atoms with E-state index in [1.54, 1.807) is 0 Å². The third-order valence-corrected chi connectivity index (χ3v) is 5.04. The Morgan fingerprint density at radius 2 is 2.11 bits per heavy atom. The molecule has 0 spiro atoms. The summed E-state index contributed by atoms with van der Waals surface area (Å²) < 4.78 is 1.11. The lowest BCUT2D eigenvalue weighted by molar-refractivity contribution is -0.137. The van der Waals surface area contributed by atoms with Crippen LogP contribution in [0.2, 0.25) is 0 Å². The second-order valence-corrected chi connectivity index (χ2v) is 6.54. The lowest BCUT2D eigenvalue weighted by Crippen LogP contribution is -2.19. The number of fused-ring (bicyclic) bond motifs is 2. The van der Waals surface area contributed by atoms with Crippen molar-refractivity contribution in [3.05, 3.63) is 46.5 Å². The van der Waals surface area contributed by atoms with Gasteiger partial charge in [0.05, 0.1) is 0 Å². The molecule has 1 fully saturated rings. The Hall–Kier alpha value is -1.09. The second kappa shape index (κ2) is 5.12. The van der Waals surface area contributed by atoms with Crippen LogP contribution in [0.1, 0.15) is 30.7 Å². The fraction of sp³-hybridized carbons (Fsp3) is 0.438. The molecule has 4 unspecified atom stereocenters. The van der Waals surface area contributed by atoms with E-state index in [0.29, 0.717) is 23.7 Å². The first kappa shape index (κ1) is 12.9. The van der Waals surface area contributed by atoms with Gasteiger partial charge >= 0.3 is 5.97 Å². The Labute approximate surface area is 121 Å². The minimum atomic E-state index is -0.681. The molecule has 1 saturated carbocycles. The van der Waals surface area contributed by atoms with Crippen LogP contribution < -0.4 is 0 Å². The van der Waals surface area contributed by atoms with E-state index in [0.717, 1.165) is 10.9 Å². The first-order valence-corrected chi connectivity index (χ1v) is 7.60. The van der Waals surface area contributed by atoms with Gasteiger partial charge in [-0.2, -0.15) is 0 Å². The van der Waals surface area contributed by atoms with E-state index < -0.39 is 5.97 Å². The van der Waals surface area contributed by atoms with Crippen molar-refractivity contribution in [2.45, 2.75) is 25.2 Å². The number of hydrogen-bond acceptors (Lipinski definition) is 1. The van der Waals surface area contributed by atoms with Gasteiger partial charge in [-0.1, -0.05) is 40.2 Å². The van der Waals surface area contributed by atoms with Gasteiger partial charge in [0.1, 0.15) is 0 Å². The summed E-state index contributed by atoms with van der Waals surface area (Å²) in [6, 6.07) is 8.48. The summed E-state index contributed by atoms with van der Waals surface area (Å²) >= 11 is 3.53. The maximum Gasteiger partial charge on any atom is 0.303 e. The average Bonchev–Trinajstić information content (AvgIpc) is 2.96. The summed E-state index contributed by atoms with van der Waals surface area (Å²) in [4.78, 5) is 10.8. The van der Waals surface area contributed by atoms with Gasteiger partial charge in [0.2, 0.25) is 0 Å². The van der Waals surface area contributed by atoms with Crippen molar-refractivity contribution in [2.24, 2.45) is 17.8 Å². The molecule has 100 valence electrons. The van der Waals surface area contributed by atoms with Gasteiger partial charge in [0, 0.05) is 10.9 Å². The van der Waals surface area contributed by atoms with E-state index in [2.05, 4.69) is 46.3 Å². The molecule has 0 aromatic heterocycles. The first-order valence-electron chi connectivity index (χ1n) is 6.81. The van der Waals surface area contributed by atoms with Crippen LogP contribution in [0.15, 0.2) is 40.9 Å². The number of carbonyl (C=O) groups is 1. The molecular formula is C16H17BrO2. The van der Waals surface area contributed by atoms with Crippen molar-refractivity contribution in [3.8, 4) is 0 Å². The number of carboxylic acids is 1. The Morgan fingerprint density at radius 3 is 2.84 bits per heavy atom. The summed E-state index contributed by atoms with van der Waals surface area (Å²) in [5, 5.41) is 8.92. The zero-order chi connectivity index (χ0) is 13.4. The Morgan fingerprint density at radius 1 is 1.32 bits per heavy atom. The zero-order valence-corrected chi connectivity index (χ0v) is 12.2. The molecule has 2 aliphatic carbocycles. The Kier molecular flexibility index (Phi) is 3.48. The molecule has 1 N–H and O–H groups in total. The molecular weight excluding hydrogens is 304 g/mol. The molecule has 19 heavy (non-hydrogen) atoms. The molecule has 0 aliphatic heterocycles. The summed E-state index contributed by atoms with van der Waals surface area (Å²) in [6.45, 7) is 0. The third kappa shape index (κ3) is 2.48. The van der Waals surface area contributed by atoms with Gasteiger partial charge < -0.3 is 5.11 Å². The molecule has 2 bridgehead atoms. The van der Waals surface area contributed by atoms with Crippen LogP contribution in [0, 0.1) is 17.8 Å². The number of allylic oxidation sites excluding steroid dienone is 2. The van der Waals surface area contributed by atoms with Crippen LogP contribution in [0.3, 0.4) is 0 Å². The molecule has 1 aromatic rings. The number of carboxylic acid groups (broad SMARTS) is 1. The van der Waals surface area contributed by atoms with Gasteiger partial charge in [0.25, 0.3) is 0 Å². The normalized spacial score (nSPS) is 31.8. The van der Waals surface area contributed by atoms with Gasteiger partial charge in [0.15, 0.2) is 0 Å². The van der Waals surface area contributed by atoms with Crippen molar-refractivity contribution >= 4 is 21.9 Å². The number of aliphatic carboxylic acids is 1. The van der Waals surface area contributed by atoms with E-state index in [9.17, 15) is 4.79 Å². The molecule has 2 aliphatic rings. The highest BCUT2D eigenvalue weighted by molar-refractivity contribution is 9.10. The highest BCUT2D eigenvalue weighted by Gasteiger charge is 2.44. The molecule has 1 aromatic carbocycles. The molecule has 0 amide bonds. The van der Waals surface area contributed by atoms with E-state index in [1.165, 1.54) is 12.0 Å². The van der Waals surface area contributed by atoms with E-state index >= 15 is 0 Å². The third-order valence-electron chi connectivity index (χ3n) is 4.55. The van der Waals surface area contributed by atoms with Gasteiger partial charge in [-0.25, -0.2) is 0 Å². The number of halogens is 1. The zero-order valence-electron chi connectivity index (χ0n) is 10.6. The van der Waals surface area contributed by atoms with Crippen LogP contribution in [-0.2, 0) is 4.79 Å². The monoisotopic (exact) mass is 320 g/mol. The standard InChI is InChI=1S/C16H17BrO2/c17-13-3-1-2-11(9-13)16-12-5-4-10(8-12)14(16)6-7-15(18)19/h1-5,9-10,12,14,16H,6-8H2,(H,18,19). The molecule has 0 heterocycles. The molecule has 3 heteroatoms. The summed E-state index contributed by atoms with van der Waals surface area (Å²) in [5.41, 5.74) is 1.35. The van der Waals surface area contributed by atoms with Crippen molar-refractivity contribution in [3.63, 3.8) is 0 Å². The van der Waals surface area contributed by atoms with Crippen molar-refractivity contribution in [1.82, 2.24) is 0 Å². The van der Waals surface area contributed by atoms with E-state index in [4.69, 9.17) is 5.11 Å². The molecule has 2 nitrogen and oxygen atoms in total. The highest BCUT2D eigenvalue weighted by atomic mass is 79.9. The quantitative estimate of drug-likeness (QED) is 0.843. The minimum absolute atomic E-state index is 0.284. The lowest BCUT2D eigenvalue weighted by atomic mass is 9.76. The van der Waals surface area contributed by atoms with Crippen LogP contribution in [0.4, 0.5) is 0 Å². The van der Waals surface area contributed by atoms with Gasteiger partial charge in [-0.3, -0.25) is 4.79 Å². The SMILES string of the molecule is O=C(O)CCC1C2C=CC(C2)C1c1cccc(Br)c1. The fourth-order valence-corrected chi connectivity index (χ4v) is 4.23. The topological polar surface area (TPSA) is 37.3 Å². The number of benzene rings is 1. The highest BCUT2D eigenvalue weighted by Crippen LogP contribution is 2.54. The van der Waals surface area contributed by atoms with Gasteiger partial charge in [-0.15, -0.1) is 0 Å². The van der Waals surface area contributed by atoms with Crippen LogP contribution in [0.25, 0.3) is 0 Å². The van der Waals surface area contributed by atoms with Crippen molar-refractivity contribution < 1.29 is 9.90 Å². The van der Waals surface area contributed by atoms with Crippen LogP contribution >= 0.6 is 15.9 Å². The first-order chi connectivity index (χ1) is 9.15. The van der Waals surface area contributed by atoms with Crippen LogP contribution in [0.5, 0.6) is 0 Å². The maximum absolute atomic E-state index is 10.8. The lowest BCUT2D eigenvalue weighted by Gasteiger charge is -2.28. The fourth-order valence-electron chi connectivity index (χ4n) is 3.82. The Bertz CT molecular complexity index is 523. The smallest absolute Gasteiger partial charge is 0.303 e. The molecule has 3 rings (SSSR count). The number of hydrogen-bond donors (Lipinski definition) is 1. The van der Waals surface area contributed by atoms with Crippen LogP contribution in [-0.4, -0.2) is 11.1 Å². The predicted molar refractivity (Wildman–Crippen MR) is 78.0 cm³/mol. The summed E-state index contributed by atoms with van der Waals surface area (Å²) in [5.74, 6) is 1.47. The van der Waals surface area contributed by atoms with Crippen molar-refractivity contribution in [2.75, 3.05) is 0 Å². The molecule has 0 saturated heterocycles. The number of rotatable bonds is 4. The van der Waals surface area contributed by atoms with Gasteiger partial charge in [-0.05, 0) is 54.2 Å². The Balaban J connectivity index is 1.85. The summed E-state index contributed by atoms with van der Waals surface area (Å²) in [7, 11) is 0. The largest absolute Gasteiger partial charge is 0.481 e. The average molecular weight is 321 g/mol. The molecule has 4 atom stereocenters. The second-order valence-electron chi connectivity index (χ2n) is 5.63. The predicted octanol–water partition coefficient (Wildman–Crippen LogP) is 4.22. The summed E-state index contributed by atoms with van der Waals surface area (Å²) in [6.07, 6.45) is 6.89. The van der Waals surface area contributed by atoms with E-state index in [-0.39, 0.29) is 6.42 Å². The molecule has 0 radical (unpaired) electrons.